The number of carboxylic acid groups (broad SMARTS) is 1. The predicted molar refractivity (Wildman–Crippen MR) is 177 cm³/mol. The normalized spacial score (nSPS) is 15.5. The largest absolute Gasteiger partial charge is 0.465 e. The van der Waals surface area contributed by atoms with Crippen LogP contribution in [0.4, 0.5) is 33.9 Å². The second-order valence-electron chi connectivity index (χ2n) is 12.2. The highest BCUT2D eigenvalue weighted by Crippen LogP contribution is 2.37. The number of aromatic nitrogens is 5. The van der Waals surface area contributed by atoms with Crippen LogP contribution in [0.1, 0.15) is 39.5 Å². The van der Waals surface area contributed by atoms with Gasteiger partial charge in [0.25, 0.3) is 11.8 Å². The standard InChI is InChI=1S/C32H31ClF4N10O5/c1-43-24(21-16-47(42-25(21)32(35,36)37)19-13-23(34)26(38)39-14-19)15-40-27(43)28(48)41-18-2-3-20(22(33)12-18)30(50)45-10-8-44(9-11-45)29(49)17-4-6-46(7-5-17)31(51)52/h2-3,12-17H,4-11H2,1H3,(H2,38,39)(H,41,48)(H,51,52). The van der Waals surface area contributed by atoms with Gasteiger partial charge in [-0.05, 0) is 31.0 Å². The molecule has 0 radical (unpaired) electrons. The lowest BCUT2D eigenvalue weighted by atomic mass is 9.95. The van der Waals surface area contributed by atoms with Crippen LogP contribution in [0.25, 0.3) is 16.9 Å². The monoisotopic (exact) mass is 746 g/mol. The molecule has 0 spiro atoms. The number of amides is 4. The van der Waals surface area contributed by atoms with Gasteiger partial charge in [-0.2, -0.15) is 18.3 Å². The van der Waals surface area contributed by atoms with Crippen molar-refractivity contribution in [1.82, 2.24) is 39.0 Å². The average molecular weight is 747 g/mol. The van der Waals surface area contributed by atoms with E-state index in [2.05, 4.69) is 20.4 Å². The van der Waals surface area contributed by atoms with E-state index >= 15 is 0 Å². The van der Waals surface area contributed by atoms with E-state index in [-0.39, 0.29) is 64.3 Å². The first kappa shape index (κ1) is 36.1. The number of piperazine rings is 1. The number of imidazole rings is 1. The quantitative estimate of drug-likeness (QED) is 0.246. The SMILES string of the molecule is Cn1c(-c2cn(-c3cnc(N)c(F)c3)nc2C(F)(F)F)cnc1C(=O)Nc1ccc(C(=O)N2CCN(C(=O)C3CCN(C(=O)O)CC3)CC2)c(Cl)c1. The van der Waals surface area contributed by atoms with Crippen molar-refractivity contribution in [2.75, 3.05) is 50.3 Å². The number of nitrogens with zero attached hydrogens (tertiary/aromatic N) is 8. The second-order valence-corrected chi connectivity index (χ2v) is 12.6. The van der Waals surface area contributed by atoms with Crippen molar-refractivity contribution in [3.05, 3.63) is 70.8 Å². The van der Waals surface area contributed by atoms with E-state index in [1.807, 2.05) is 0 Å². The van der Waals surface area contributed by atoms with Crippen molar-refractivity contribution in [2.45, 2.75) is 19.0 Å². The number of nitrogen functional groups attached to an aromatic ring is 1. The molecule has 4 amide bonds. The zero-order valence-corrected chi connectivity index (χ0v) is 28.2. The van der Waals surface area contributed by atoms with E-state index in [0.717, 1.165) is 33.9 Å². The fourth-order valence-corrected chi connectivity index (χ4v) is 6.43. The molecule has 4 N–H and O–H groups in total. The Labute approximate surface area is 297 Å². The summed E-state index contributed by atoms with van der Waals surface area (Å²) in [6.45, 7) is 1.74. The van der Waals surface area contributed by atoms with Gasteiger partial charge in [-0.1, -0.05) is 11.6 Å². The minimum Gasteiger partial charge on any atom is -0.465 e. The van der Waals surface area contributed by atoms with Gasteiger partial charge >= 0.3 is 12.3 Å². The number of nitrogens with two attached hydrogens (primary N) is 1. The minimum atomic E-state index is -4.92. The highest BCUT2D eigenvalue weighted by molar-refractivity contribution is 6.34. The first-order valence-corrected chi connectivity index (χ1v) is 16.3. The maximum Gasteiger partial charge on any atom is 0.435 e. The lowest BCUT2D eigenvalue weighted by Gasteiger charge is -2.38. The fourth-order valence-electron chi connectivity index (χ4n) is 6.17. The van der Waals surface area contributed by atoms with Crippen molar-refractivity contribution >= 4 is 46.9 Å². The van der Waals surface area contributed by atoms with Crippen LogP contribution >= 0.6 is 11.6 Å². The third-order valence-electron chi connectivity index (χ3n) is 9.02. The number of pyridine rings is 1. The van der Waals surface area contributed by atoms with Gasteiger partial charge in [0.15, 0.2) is 23.2 Å². The van der Waals surface area contributed by atoms with Gasteiger partial charge in [0.05, 0.1) is 39.9 Å². The lowest BCUT2D eigenvalue weighted by molar-refractivity contribution is -0.141. The van der Waals surface area contributed by atoms with Gasteiger partial charge in [0.1, 0.15) is 0 Å². The van der Waals surface area contributed by atoms with Crippen molar-refractivity contribution in [3.63, 3.8) is 0 Å². The Morgan fingerprint density at radius 1 is 0.962 bits per heavy atom. The third-order valence-corrected chi connectivity index (χ3v) is 9.33. The van der Waals surface area contributed by atoms with Gasteiger partial charge in [-0.25, -0.2) is 23.8 Å². The molecule has 5 heterocycles. The fraction of sp³-hybridized carbons (Fsp3) is 0.344. The summed E-state index contributed by atoms with van der Waals surface area (Å²) in [7, 11) is 1.34. The summed E-state index contributed by atoms with van der Waals surface area (Å²) < 4.78 is 58.0. The minimum absolute atomic E-state index is 0.0304. The van der Waals surface area contributed by atoms with Crippen LogP contribution in [0.15, 0.2) is 42.9 Å². The Hall–Kier alpha value is -5.72. The summed E-state index contributed by atoms with van der Waals surface area (Å²) in [5, 5.41) is 15.3. The smallest absolute Gasteiger partial charge is 0.435 e. The van der Waals surface area contributed by atoms with Gasteiger partial charge in [-0.15, -0.1) is 0 Å². The van der Waals surface area contributed by atoms with E-state index in [1.165, 1.54) is 30.1 Å². The summed E-state index contributed by atoms with van der Waals surface area (Å²) in [6, 6.07) is 5.10. The zero-order chi connectivity index (χ0) is 37.5. The molecule has 2 aliphatic heterocycles. The molecule has 1 aromatic carbocycles. The maximum absolute atomic E-state index is 14.0. The molecule has 3 aromatic heterocycles. The van der Waals surface area contributed by atoms with Crippen LogP contribution in [0, 0.1) is 11.7 Å². The number of anilines is 2. The number of halogens is 5. The number of likely N-dealkylation sites (tertiary alicyclic amines) is 1. The number of hydrogen-bond donors (Lipinski definition) is 3. The molecule has 2 saturated heterocycles. The number of alkyl halides is 3. The Morgan fingerprint density at radius 3 is 2.25 bits per heavy atom. The molecule has 0 saturated carbocycles. The van der Waals surface area contributed by atoms with Crippen molar-refractivity contribution in [3.8, 4) is 16.9 Å². The van der Waals surface area contributed by atoms with Gasteiger partial charge < -0.3 is 35.4 Å². The van der Waals surface area contributed by atoms with Crippen molar-refractivity contribution in [1.29, 1.82) is 0 Å². The summed E-state index contributed by atoms with van der Waals surface area (Å²) in [4.78, 5) is 62.9. The first-order valence-electron chi connectivity index (χ1n) is 15.9. The Morgan fingerprint density at radius 2 is 1.63 bits per heavy atom. The maximum atomic E-state index is 14.0. The molecule has 20 heteroatoms. The molecule has 0 unspecified atom stereocenters. The topological polar surface area (TPSA) is 185 Å². The van der Waals surface area contributed by atoms with E-state index in [4.69, 9.17) is 22.4 Å². The lowest BCUT2D eigenvalue weighted by Crippen LogP contribution is -2.53. The Kier molecular flexibility index (Phi) is 9.80. The van der Waals surface area contributed by atoms with Gasteiger partial charge in [0, 0.05) is 70.2 Å². The summed E-state index contributed by atoms with van der Waals surface area (Å²) >= 11 is 6.45. The third kappa shape index (κ3) is 7.21. The van der Waals surface area contributed by atoms with Gasteiger partial charge in [0.2, 0.25) is 5.91 Å². The molecule has 2 fully saturated rings. The number of benzene rings is 1. The van der Waals surface area contributed by atoms with E-state index in [0.29, 0.717) is 39.0 Å². The highest BCUT2D eigenvalue weighted by Gasteiger charge is 2.39. The molecule has 2 aliphatic rings. The Bertz CT molecular complexity index is 2050. The molecule has 0 bridgehead atoms. The average Bonchev–Trinajstić information content (AvgIpc) is 3.73. The molecule has 6 rings (SSSR count). The van der Waals surface area contributed by atoms with Gasteiger partial charge in [-0.3, -0.25) is 14.4 Å². The number of carbonyl (C=O) groups excluding carboxylic acids is 3. The summed E-state index contributed by atoms with van der Waals surface area (Å²) in [5.41, 5.74) is 3.74. The summed E-state index contributed by atoms with van der Waals surface area (Å²) in [6.07, 6.45) is -1.90. The number of nitrogens with one attached hydrogen (secondary N) is 1. The van der Waals surface area contributed by atoms with Crippen LogP contribution in [0.5, 0.6) is 0 Å². The van der Waals surface area contributed by atoms with Crippen molar-refractivity contribution < 1.29 is 41.8 Å². The number of rotatable bonds is 6. The molecule has 0 aliphatic carbocycles. The molecule has 4 aromatic rings. The van der Waals surface area contributed by atoms with Crippen LogP contribution in [-0.2, 0) is 18.0 Å². The van der Waals surface area contributed by atoms with Crippen LogP contribution in [-0.4, -0.2) is 107 Å². The zero-order valence-electron chi connectivity index (χ0n) is 27.4. The van der Waals surface area contributed by atoms with Crippen molar-refractivity contribution in [2.24, 2.45) is 13.0 Å². The molecular formula is C32H31ClF4N10O5. The molecular weight excluding hydrogens is 716 g/mol. The van der Waals surface area contributed by atoms with Crippen LogP contribution in [0.2, 0.25) is 5.02 Å². The number of piperidine rings is 1. The predicted octanol–water partition coefficient (Wildman–Crippen LogP) is 3.99. The first-order chi connectivity index (χ1) is 24.6. The Balaban J connectivity index is 1.11. The van der Waals surface area contributed by atoms with E-state index in [9.17, 15) is 36.7 Å². The molecule has 52 heavy (non-hydrogen) atoms. The molecule has 15 nitrogen and oxygen atoms in total. The molecule has 274 valence electrons. The van der Waals surface area contributed by atoms with E-state index < -0.39 is 41.1 Å². The van der Waals surface area contributed by atoms with Crippen LogP contribution in [0.3, 0.4) is 0 Å². The second kappa shape index (κ2) is 14.1. The number of carbonyl (C=O) groups is 4. The molecule has 0 atom stereocenters. The number of hydrogen-bond acceptors (Lipinski definition) is 8. The van der Waals surface area contributed by atoms with Crippen LogP contribution < -0.4 is 11.1 Å². The summed E-state index contributed by atoms with van der Waals surface area (Å²) in [5.74, 6) is -3.13. The highest BCUT2D eigenvalue weighted by atomic mass is 35.5. The van der Waals surface area contributed by atoms with E-state index in [1.54, 1.807) is 9.80 Å².